The van der Waals surface area contributed by atoms with E-state index in [0.29, 0.717) is 5.69 Å². The number of nitrogens with one attached hydrogen (secondary N) is 1. The van der Waals surface area contributed by atoms with E-state index < -0.39 is 17.7 Å². The Hall–Kier alpha value is -3.40. The minimum Gasteiger partial charge on any atom is -0.494 e. The van der Waals surface area contributed by atoms with E-state index in [4.69, 9.17) is 4.74 Å². The SMILES string of the molecule is COc1cc(F)c(-n2cc([C@H](O)c3c(C4CC4)ncc4c[nH]c[n+]34)nn2)cc1F. The molecule has 0 bridgehead atoms. The van der Waals surface area contributed by atoms with Crippen LogP contribution in [-0.2, 0) is 0 Å². The second-order valence-corrected chi connectivity index (χ2v) is 6.97. The average Bonchev–Trinajstić information content (AvgIpc) is 3.25. The van der Waals surface area contributed by atoms with Crippen molar-refractivity contribution in [1.82, 2.24) is 25.0 Å². The van der Waals surface area contributed by atoms with Crippen LogP contribution >= 0.6 is 0 Å². The number of hydrogen-bond acceptors (Lipinski definition) is 5. The smallest absolute Gasteiger partial charge is 0.247 e. The molecule has 1 aliphatic rings. The van der Waals surface area contributed by atoms with Gasteiger partial charge in [-0.1, -0.05) is 5.21 Å². The van der Waals surface area contributed by atoms with Gasteiger partial charge >= 0.3 is 0 Å². The molecule has 8 nitrogen and oxygen atoms in total. The lowest BCUT2D eigenvalue weighted by Crippen LogP contribution is -2.30. The van der Waals surface area contributed by atoms with Gasteiger partial charge in [0, 0.05) is 18.1 Å². The first-order chi connectivity index (χ1) is 14.1. The van der Waals surface area contributed by atoms with Crippen LogP contribution in [0.5, 0.6) is 5.75 Å². The number of halogens is 2. The van der Waals surface area contributed by atoms with Crippen LogP contribution in [0.2, 0.25) is 0 Å². The number of imidazole rings is 1. The maximum absolute atomic E-state index is 14.4. The van der Waals surface area contributed by atoms with Gasteiger partial charge in [-0.25, -0.2) is 18.4 Å². The third-order valence-corrected chi connectivity index (χ3v) is 5.05. The molecule has 0 spiro atoms. The topological polar surface area (TPSA) is 93.0 Å². The Labute approximate surface area is 163 Å². The van der Waals surface area contributed by atoms with E-state index >= 15 is 0 Å². The maximum Gasteiger partial charge on any atom is 0.247 e. The van der Waals surface area contributed by atoms with Gasteiger partial charge in [-0.2, -0.15) is 4.40 Å². The number of fused-ring (bicyclic) bond motifs is 1. The van der Waals surface area contributed by atoms with E-state index in [0.717, 1.165) is 40.9 Å². The molecule has 1 saturated carbocycles. The van der Waals surface area contributed by atoms with Crippen molar-refractivity contribution in [3.63, 3.8) is 0 Å². The summed E-state index contributed by atoms with van der Waals surface area (Å²) >= 11 is 0. The average molecular weight is 399 g/mol. The van der Waals surface area contributed by atoms with Gasteiger partial charge in [0.05, 0.1) is 25.2 Å². The summed E-state index contributed by atoms with van der Waals surface area (Å²) in [6, 6.07) is 1.91. The third-order valence-electron chi connectivity index (χ3n) is 5.05. The fourth-order valence-corrected chi connectivity index (χ4v) is 3.43. The van der Waals surface area contributed by atoms with Crippen molar-refractivity contribution in [1.29, 1.82) is 0 Å². The van der Waals surface area contributed by atoms with Gasteiger partial charge in [0.25, 0.3) is 0 Å². The predicted octanol–water partition coefficient (Wildman–Crippen LogP) is 1.97. The molecule has 0 saturated heterocycles. The van der Waals surface area contributed by atoms with E-state index in [1.54, 1.807) is 18.7 Å². The zero-order valence-electron chi connectivity index (χ0n) is 15.4. The Morgan fingerprint density at radius 3 is 2.90 bits per heavy atom. The van der Waals surface area contributed by atoms with Crippen LogP contribution in [0.3, 0.4) is 0 Å². The van der Waals surface area contributed by atoms with Crippen molar-refractivity contribution < 1.29 is 23.0 Å². The lowest BCUT2D eigenvalue weighted by Gasteiger charge is -2.10. The fourth-order valence-electron chi connectivity index (χ4n) is 3.43. The summed E-state index contributed by atoms with van der Waals surface area (Å²) in [7, 11) is 1.26. The van der Waals surface area contributed by atoms with Crippen molar-refractivity contribution in [3.8, 4) is 11.4 Å². The first-order valence-electron chi connectivity index (χ1n) is 9.07. The molecule has 0 aliphatic heterocycles. The second kappa shape index (κ2) is 6.59. The largest absolute Gasteiger partial charge is 0.494 e. The van der Waals surface area contributed by atoms with Crippen molar-refractivity contribution >= 4 is 5.52 Å². The van der Waals surface area contributed by atoms with Gasteiger partial charge in [0.15, 0.2) is 34.7 Å². The number of rotatable bonds is 5. The molecule has 5 rings (SSSR count). The summed E-state index contributed by atoms with van der Waals surface area (Å²) in [5, 5.41) is 18.9. The van der Waals surface area contributed by atoms with E-state index in [9.17, 15) is 13.9 Å². The van der Waals surface area contributed by atoms with Gasteiger partial charge in [0.1, 0.15) is 17.6 Å². The molecule has 3 heterocycles. The van der Waals surface area contributed by atoms with Crippen LogP contribution < -0.4 is 9.14 Å². The zero-order chi connectivity index (χ0) is 20.1. The van der Waals surface area contributed by atoms with Gasteiger partial charge in [0.2, 0.25) is 6.33 Å². The highest BCUT2D eigenvalue weighted by Gasteiger charge is 2.35. The third kappa shape index (κ3) is 2.92. The summed E-state index contributed by atoms with van der Waals surface area (Å²) in [6.07, 6.45) is 7.49. The molecule has 148 valence electrons. The van der Waals surface area contributed by atoms with Gasteiger partial charge in [-0.15, -0.1) is 5.10 Å². The fraction of sp³-hybridized carbons (Fsp3) is 0.263. The van der Waals surface area contributed by atoms with Crippen molar-refractivity contribution in [2.75, 3.05) is 7.11 Å². The Bertz CT molecular complexity index is 1220. The van der Waals surface area contributed by atoms with Crippen LogP contribution in [0.4, 0.5) is 8.78 Å². The number of aromatic amines is 1. The quantitative estimate of drug-likeness (QED) is 0.501. The van der Waals surface area contributed by atoms with Crippen LogP contribution in [0.1, 0.15) is 41.9 Å². The highest BCUT2D eigenvalue weighted by Crippen LogP contribution is 2.41. The lowest BCUT2D eigenvalue weighted by molar-refractivity contribution is -0.527. The molecule has 1 fully saturated rings. The number of methoxy groups -OCH3 is 1. The minimum atomic E-state index is -1.14. The summed E-state index contributed by atoms with van der Waals surface area (Å²) in [6.45, 7) is 0. The van der Waals surface area contributed by atoms with E-state index in [2.05, 4.69) is 20.3 Å². The standard InChI is InChI=1S/C19H16F2N6O2/c1-29-16-5-12(20)15(4-13(16)21)27-8-14(24-25-27)19(28)18-17(10-2-3-10)23-7-11-6-22-9-26(11)18/h4-10,19,28H,2-3H2,1H3/p+1/t19-/m0/s1. The van der Waals surface area contributed by atoms with Crippen molar-refractivity contribution in [3.05, 3.63) is 65.8 Å². The van der Waals surface area contributed by atoms with E-state index in [1.807, 2.05) is 4.40 Å². The molecule has 0 amide bonds. The second-order valence-electron chi connectivity index (χ2n) is 6.97. The van der Waals surface area contributed by atoms with E-state index in [-0.39, 0.29) is 23.0 Å². The Balaban J connectivity index is 1.57. The highest BCUT2D eigenvalue weighted by molar-refractivity contribution is 5.40. The summed E-state index contributed by atoms with van der Waals surface area (Å²) in [5.74, 6) is -1.37. The Morgan fingerprint density at radius 2 is 2.14 bits per heavy atom. The molecular formula is C19H17F2N6O2+. The lowest BCUT2D eigenvalue weighted by atomic mass is 10.1. The molecule has 0 unspecified atom stereocenters. The number of nitrogens with zero attached hydrogens (tertiary/aromatic N) is 5. The highest BCUT2D eigenvalue weighted by atomic mass is 19.1. The first-order valence-corrected chi connectivity index (χ1v) is 9.07. The van der Waals surface area contributed by atoms with Crippen LogP contribution in [0.25, 0.3) is 11.2 Å². The Kier molecular flexibility index (Phi) is 4.02. The molecule has 3 aromatic heterocycles. The van der Waals surface area contributed by atoms with Gasteiger partial charge in [-0.05, 0) is 12.8 Å². The summed E-state index contributed by atoms with van der Waals surface area (Å²) in [5.41, 5.74) is 2.23. The molecule has 1 atom stereocenters. The number of aromatic nitrogens is 6. The molecule has 1 aliphatic carbocycles. The van der Waals surface area contributed by atoms with Crippen LogP contribution in [0.15, 0.2) is 37.1 Å². The number of aliphatic hydroxyl groups excluding tert-OH is 1. The molecule has 2 N–H and O–H groups in total. The number of aliphatic hydroxyl groups is 1. The van der Waals surface area contributed by atoms with Gasteiger partial charge in [-0.3, -0.25) is 4.98 Å². The van der Waals surface area contributed by atoms with Crippen molar-refractivity contribution in [2.45, 2.75) is 24.9 Å². The monoisotopic (exact) mass is 399 g/mol. The summed E-state index contributed by atoms with van der Waals surface area (Å²) in [4.78, 5) is 7.51. The first kappa shape index (κ1) is 17.7. The number of ether oxygens (including phenoxy) is 1. The number of H-pyrrole nitrogens is 1. The van der Waals surface area contributed by atoms with Crippen LogP contribution in [0, 0.1) is 11.6 Å². The zero-order valence-corrected chi connectivity index (χ0v) is 15.4. The molecule has 29 heavy (non-hydrogen) atoms. The number of hydrogen-bond donors (Lipinski definition) is 2. The molecule has 10 heteroatoms. The predicted molar refractivity (Wildman–Crippen MR) is 95.6 cm³/mol. The molecule has 1 aromatic carbocycles. The normalized spacial score (nSPS) is 15.0. The molecule has 0 radical (unpaired) electrons. The van der Waals surface area contributed by atoms with Crippen molar-refractivity contribution in [2.24, 2.45) is 0 Å². The maximum atomic E-state index is 14.4. The Morgan fingerprint density at radius 1 is 1.31 bits per heavy atom. The molecular weight excluding hydrogens is 382 g/mol. The van der Waals surface area contributed by atoms with Gasteiger partial charge < -0.3 is 9.84 Å². The molecule has 4 aromatic rings. The summed E-state index contributed by atoms with van der Waals surface area (Å²) < 4.78 is 36.1. The minimum absolute atomic E-state index is 0.137. The van der Waals surface area contributed by atoms with Crippen LogP contribution in [-0.4, -0.2) is 37.2 Å². The van der Waals surface area contributed by atoms with E-state index in [1.165, 1.54) is 13.3 Å². The number of benzene rings is 1.